The molecule has 0 amide bonds. The summed E-state index contributed by atoms with van der Waals surface area (Å²) in [6, 6.07) is 18.0. The first-order valence-corrected chi connectivity index (χ1v) is 9.78. The fourth-order valence-electron chi connectivity index (χ4n) is 3.61. The Kier molecular flexibility index (Phi) is 5.52. The van der Waals surface area contributed by atoms with Gasteiger partial charge in [0, 0.05) is 16.7 Å². The van der Waals surface area contributed by atoms with Gasteiger partial charge in [-0.25, -0.2) is 4.39 Å². The lowest BCUT2D eigenvalue weighted by atomic mass is 9.90. The fraction of sp³-hybridized carbons (Fsp3) is 0.200. The van der Waals surface area contributed by atoms with E-state index in [4.69, 9.17) is 4.74 Å². The van der Waals surface area contributed by atoms with Gasteiger partial charge in [0.2, 0.25) is 0 Å². The zero-order valence-corrected chi connectivity index (χ0v) is 16.0. The average molecular weight is 388 g/mol. The van der Waals surface area contributed by atoms with Gasteiger partial charge in [-0.1, -0.05) is 12.1 Å². The topological polar surface area (TPSA) is 43.4 Å². The molecule has 0 aromatic heterocycles. The molecule has 1 aliphatic rings. The zero-order valence-electron chi connectivity index (χ0n) is 16.0. The van der Waals surface area contributed by atoms with Gasteiger partial charge in [0.05, 0.1) is 0 Å². The van der Waals surface area contributed by atoms with Gasteiger partial charge in [-0.15, -0.1) is 0 Å². The molecule has 0 fully saturated rings. The highest BCUT2D eigenvalue weighted by atomic mass is 19.1. The first-order valence-electron chi connectivity index (χ1n) is 9.78. The van der Waals surface area contributed by atoms with Gasteiger partial charge in [0.1, 0.15) is 11.6 Å². The van der Waals surface area contributed by atoms with Crippen LogP contribution in [-0.4, -0.2) is 18.2 Å². The first-order chi connectivity index (χ1) is 14.1. The second-order valence-corrected chi connectivity index (χ2v) is 7.26. The van der Waals surface area contributed by atoms with Crippen LogP contribution in [0.15, 0.2) is 66.7 Å². The summed E-state index contributed by atoms with van der Waals surface area (Å²) < 4.78 is 18.6. The van der Waals surface area contributed by atoms with Crippen LogP contribution in [0.25, 0.3) is 0 Å². The van der Waals surface area contributed by atoms with Crippen LogP contribution >= 0.6 is 0 Å². The van der Waals surface area contributed by atoms with Gasteiger partial charge in [0.15, 0.2) is 18.2 Å². The van der Waals surface area contributed by atoms with E-state index < -0.39 is 0 Å². The molecule has 0 heterocycles. The van der Waals surface area contributed by atoms with Gasteiger partial charge in [-0.3, -0.25) is 9.59 Å². The molecule has 0 bridgehead atoms. The van der Waals surface area contributed by atoms with Crippen molar-refractivity contribution >= 4 is 11.6 Å². The number of hydrogen-bond acceptors (Lipinski definition) is 3. The van der Waals surface area contributed by atoms with Gasteiger partial charge < -0.3 is 4.74 Å². The van der Waals surface area contributed by atoms with E-state index in [-0.39, 0.29) is 24.0 Å². The number of benzene rings is 3. The Bertz CT molecular complexity index is 1040. The quantitative estimate of drug-likeness (QED) is 0.545. The smallest absolute Gasteiger partial charge is 0.200 e. The fourth-order valence-corrected chi connectivity index (χ4v) is 3.61. The summed E-state index contributed by atoms with van der Waals surface area (Å²) in [7, 11) is 0. The van der Waals surface area contributed by atoms with Crippen molar-refractivity contribution in [2.45, 2.75) is 25.7 Å². The van der Waals surface area contributed by atoms with E-state index in [0.717, 1.165) is 12.8 Å². The molecule has 3 nitrogen and oxygen atoms in total. The molecule has 0 spiro atoms. The summed E-state index contributed by atoms with van der Waals surface area (Å²) in [5, 5.41) is 0. The highest BCUT2D eigenvalue weighted by molar-refractivity contribution is 6.09. The maximum Gasteiger partial charge on any atom is 0.200 e. The molecule has 3 aromatic rings. The lowest BCUT2D eigenvalue weighted by molar-refractivity contribution is 0.0920. The van der Waals surface area contributed by atoms with E-state index in [0.29, 0.717) is 22.4 Å². The number of halogens is 1. The van der Waals surface area contributed by atoms with E-state index in [1.165, 1.54) is 48.2 Å². The van der Waals surface area contributed by atoms with Gasteiger partial charge in [-0.2, -0.15) is 0 Å². The van der Waals surface area contributed by atoms with Crippen molar-refractivity contribution < 1.29 is 18.7 Å². The Hall–Kier alpha value is -3.27. The molecule has 146 valence electrons. The lowest BCUT2D eigenvalue weighted by Crippen LogP contribution is -2.13. The number of hydrogen-bond donors (Lipinski definition) is 0. The van der Waals surface area contributed by atoms with Crippen LogP contribution in [0.1, 0.15) is 50.2 Å². The Balaban J connectivity index is 1.38. The van der Waals surface area contributed by atoms with Crippen molar-refractivity contribution in [1.29, 1.82) is 0 Å². The SMILES string of the molecule is O=C(COc1ccc(C(=O)c2ccc(F)cc2)cc1)c1ccc2c(c1)CCCC2. The first kappa shape index (κ1) is 19.1. The summed E-state index contributed by atoms with van der Waals surface area (Å²) >= 11 is 0. The maximum absolute atomic E-state index is 13.0. The molecule has 0 saturated heterocycles. The molecule has 0 N–H and O–H groups in total. The molecule has 29 heavy (non-hydrogen) atoms. The van der Waals surface area contributed by atoms with Gasteiger partial charge in [-0.05, 0) is 91.4 Å². The molecule has 0 unspecified atom stereocenters. The number of rotatable bonds is 6. The minimum atomic E-state index is -0.381. The van der Waals surface area contributed by atoms with Crippen molar-refractivity contribution in [1.82, 2.24) is 0 Å². The Labute approximate surface area is 169 Å². The van der Waals surface area contributed by atoms with Crippen LogP contribution in [0.4, 0.5) is 4.39 Å². The van der Waals surface area contributed by atoms with Gasteiger partial charge >= 0.3 is 0 Å². The number of aryl methyl sites for hydroxylation is 2. The molecule has 4 rings (SSSR count). The van der Waals surface area contributed by atoms with Crippen LogP contribution in [0.2, 0.25) is 0 Å². The predicted molar refractivity (Wildman–Crippen MR) is 109 cm³/mol. The van der Waals surface area contributed by atoms with Gasteiger partial charge in [0.25, 0.3) is 0 Å². The molecule has 0 atom stereocenters. The van der Waals surface area contributed by atoms with Crippen molar-refractivity contribution in [3.8, 4) is 5.75 Å². The number of ketones is 2. The Morgan fingerprint density at radius 3 is 2.03 bits per heavy atom. The van der Waals surface area contributed by atoms with Crippen molar-refractivity contribution in [3.05, 3.63) is 100 Å². The number of carbonyl (C=O) groups is 2. The molecular weight excluding hydrogens is 367 g/mol. The van der Waals surface area contributed by atoms with Crippen LogP contribution < -0.4 is 4.74 Å². The van der Waals surface area contributed by atoms with Crippen LogP contribution in [0.5, 0.6) is 5.75 Å². The van der Waals surface area contributed by atoms with E-state index >= 15 is 0 Å². The third kappa shape index (κ3) is 4.43. The van der Waals surface area contributed by atoms with Crippen LogP contribution in [0.3, 0.4) is 0 Å². The molecule has 3 aromatic carbocycles. The van der Waals surface area contributed by atoms with Crippen molar-refractivity contribution in [3.63, 3.8) is 0 Å². The van der Waals surface area contributed by atoms with E-state index in [9.17, 15) is 14.0 Å². The van der Waals surface area contributed by atoms with Crippen molar-refractivity contribution in [2.75, 3.05) is 6.61 Å². The summed E-state index contributed by atoms with van der Waals surface area (Å²) in [5.74, 6) is -0.118. The molecule has 0 saturated carbocycles. The summed E-state index contributed by atoms with van der Waals surface area (Å²) in [6.45, 7) is -0.0515. The third-order valence-electron chi connectivity index (χ3n) is 5.26. The minimum absolute atomic E-state index is 0.0515. The zero-order chi connectivity index (χ0) is 20.2. The largest absolute Gasteiger partial charge is 0.485 e. The Morgan fingerprint density at radius 2 is 1.34 bits per heavy atom. The number of ether oxygens (including phenoxy) is 1. The number of carbonyl (C=O) groups excluding carboxylic acids is 2. The molecule has 0 radical (unpaired) electrons. The normalized spacial score (nSPS) is 12.9. The standard InChI is InChI=1S/C25H21FO3/c26-22-11-7-18(8-12-22)25(28)19-9-13-23(14-10-19)29-16-24(27)21-6-5-17-3-1-2-4-20(17)15-21/h5-15H,1-4,16H2. The lowest BCUT2D eigenvalue weighted by Gasteiger charge is -2.16. The van der Waals surface area contributed by atoms with Crippen LogP contribution in [0, 0.1) is 5.82 Å². The van der Waals surface area contributed by atoms with E-state index in [2.05, 4.69) is 6.07 Å². The number of Topliss-reactive ketones (excluding diaryl/α,β-unsaturated/α-hetero) is 1. The summed E-state index contributed by atoms with van der Waals surface area (Å²) in [6.07, 6.45) is 4.50. The highest BCUT2D eigenvalue weighted by Crippen LogP contribution is 2.23. The summed E-state index contributed by atoms with van der Waals surface area (Å²) in [4.78, 5) is 24.9. The molecule has 0 aliphatic heterocycles. The van der Waals surface area contributed by atoms with E-state index in [1.54, 1.807) is 24.3 Å². The van der Waals surface area contributed by atoms with Crippen molar-refractivity contribution in [2.24, 2.45) is 0 Å². The monoisotopic (exact) mass is 388 g/mol. The molecule has 1 aliphatic carbocycles. The summed E-state index contributed by atoms with van der Waals surface area (Å²) in [5.41, 5.74) is 4.18. The minimum Gasteiger partial charge on any atom is -0.485 e. The highest BCUT2D eigenvalue weighted by Gasteiger charge is 2.14. The molecule has 4 heteroatoms. The third-order valence-corrected chi connectivity index (χ3v) is 5.26. The number of fused-ring (bicyclic) bond motifs is 1. The maximum atomic E-state index is 13.0. The predicted octanol–water partition coefficient (Wildman–Crippen LogP) is 5.20. The second kappa shape index (κ2) is 8.39. The second-order valence-electron chi connectivity index (χ2n) is 7.26. The molecular formula is C25H21FO3. The van der Waals surface area contributed by atoms with Crippen LogP contribution in [-0.2, 0) is 12.8 Å². The Morgan fingerprint density at radius 1 is 0.759 bits per heavy atom. The average Bonchev–Trinajstić information content (AvgIpc) is 2.77. The van der Waals surface area contributed by atoms with E-state index in [1.807, 2.05) is 12.1 Å².